The standard InChI is InChI=1S/C24H21ClN4O2S/c1-30-21-10-9-16(14-18(21)25)29-23(22(27-24(29)32)19-7-2-3-11-26-19)20-8-4-12-28(20)15-17-6-5-13-31-17/h2-14,22-23H,15H2,1H3,(H,27,32)/t22-,23+/m1/s1. The highest BCUT2D eigenvalue weighted by Gasteiger charge is 2.42. The van der Waals surface area contributed by atoms with E-state index >= 15 is 0 Å². The molecule has 0 spiro atoms. The van der Waals surface area contributed by atoms with Crippen LogP contribution in [0, 0.1) is 0 Å². The molecule has 0 saturated carbocycles. The maximum Gasteiger partial charge on any atom is 0.174 e. The predicted molar refractivity (Wildman–Crippen MR) is 128 cm³/mol. The van der Waals surface area contributed by atoms with Crippen molar-refractivity contribution in [2.75, 3.05) is 12.0 Å². The van der Waals surface area contributed by atoms with Crippen molar-refractivity contribution in [1.29, 1.82) is 0 Å². The number of benzene rings is 1. The molecule has 4 aromatic rings. The van der Waals surface area contributed by atoms with Gasteiger partial charge >= 0.3 is 0 Å². The molecule has 1 N–H and O–H groups in total. The summed E-state index contributed by atoms with van der Waals surface area (Å²) in [5.41, 5.74) is 2.87. The number of anilines is 1. The number of pyridine rings is 1. The molecule has 5 rings (SSSR count). The molecular weight excluding hydrogens is 444 g/mol. The molecule has 3 aromatic heterocycles. The molecule has 8 heteroatoms. The van der Waals surface area contributed by atoms with Crippen molar-refractivity contribution in [2.45, 2.75) is 18.6 Å². The minimum atomic E-state index is -0.146. The second-order valence-corrected chi connectivity index (χ2v) is 8.25. The Balaban J connectivity index is 1.61. The quantitative estimate of drug-likeness (QED) is 0.387. The molecule has 1 aliphatic heterocycles. The number of nitrogens with zero attached hydrogens (tertiary/aromatic N) is 3. The van der Waals surface area contributed by atoms with Crippen molar-refractivity contribution in [3.63, 3.8) is 0 Å². The van der Waals surface area contributed by atoms with Crippen LogP contribution < -0.4 is 15.0 Å². The summed E-state index contributed by atoms with van der Waals surface area (Å²) >= 11 is 12.3. The Kier molecular flexibility index (Phi) is 5.59. The molecule has 162 valence electrons. The van der Waals surface area contributed by atoms with Crippen LogP contribution in [-0.2, 0) is 6.54 Å². The smallest absolute Gasteiger partial charge is 0.174 e. The Morgan fingerprint density at radius 2 is 2.06 bits per heavy atom. The maximum absolute atomic E-state index is 6.46. The van der Waals surface area contributed by atoms with Gasteiger partial charge in [0.25, 0.3) is 0 Å². The summed E-state index contributed by atoms with van der Waals surface area (Å²) in [6.45, 7) is 0.616. The molecule has 0 aliphatic carbocycles. The van der Waals surface area contributed by atoms with E-state index in [9.17, 15) is 0 Å². The number of ether oxygens (including phenoxy) is 1. The van der Waals surface area contributed by atoms with E-state index in [2.05, 4.69) is 25.8 Å². The van der Waals surface area contributed by atoms with Crippen molar-refractivity contribution in [2.24, 2.45) is 0 Å². The Labute approximate surface area is 196 Å². The van der Waals surface area contributed by atoms with Gasteiger partial charge in [-0.05, 0) is 66.8 Å². The van der Waals surface area contributed by atoms with Crippen LogP contribution in [0.3, 0.4) is 0 Å². The number of hydrogen-bond acceptors (Lipinski definition) is 4. The van der Waals surface area contributed by atoms with E-state index < -0.39 is 0 Å². The number of thiocarbonyl (C=S) groups is 1. The molecule has 4 heterocycles. The monoisotopic (exact) mass is 464 g/mol. The molecule has 0 unspecified atom stereocenters. The largest absolute Gasteiger partial charge is 0.495 e. The van der Waals surface area contributed by atoms with Gasteiger partial charge in [-0.25, -0.2) is 0 Å². The van der Waals surface area contributed by atoms with Crippen molar-refractivity contribution in [3.05, 3.63) is 101 Å². The highest BCUT2D eigenvalue weighted by molar-refractivity contribution is 7.80. The first-order valence-electron chi connectivity index (χ1n) is 10.2. The van der Waals surface area contributed by atoms with Crippen LogP contribution >= 0.6 is 23.8 Å². The third kappa shape index (κ3) is 3.74. The molecule has 1 aliphatic rings. The summed E-state index contributed by atoms with van der Waals surface area (Å²) in [6, 6.07) is 19.3. The molecule has 0 amide bonds. The fourth-order valence-corrected chi connectivity index (χ4v) is 4.75. The molecule has 0 bridgehead atoms. The fraction of sp³-hybridized carbons (Fsp3) is 0.167. The van der Waals surface area contributed by atoms with E-state index in [4.69, 9.17) is 33.0 Å². The van der Waals surface area contributed by atoms with Gasteiger partial charge in [0.15, 0.2) is 5.11 Å². The van der Waals surface area contributed by atoms with Gasteiger partial charge in [-0.1, -0.05) is 17.7 Å². The normalized spacial score (nSPS) is 18.1. The number of furan rings is 1. The van der Waals surface area contributed by atoms with Crippen molar-refractivity contribution >= 4 is 34.6 Å². The Morgan fingerprint density at radius 1 is 1.16 bits per heavy atom. The van der Waals surface area contributed by atoms with E-state index in [1.165, 1.54) is 0 Å². The third-order valence-electron chi connectivity index (χ3n) is 5.59. The second-order valence-electron chi connectivity index (χ2n) is 7.46. The van der Waals surface area contributed by atoms with Crippen LogP contribution in [0.2, 0.25) is 5.02 Å². The topological polar surface area (TPSA) is 55.5 Å². The van der Waals surface area contributed by atoms with Crippen LogP contribution in [0.25, 0.3) is 0 Å². The summed E-state index contributed by atoms with van der Waals surface area (Å²) in [6.07, 6.45) is 5.53. The zero-order valence-corrected chi connectivity index (χ0v) is 18.9. The summed E-state index contributed by atoms with van der Waals surface area (Å²) in [5.74, 6) is 1.50. The lowest BCUT2D eigenvalue weighted by atomic mass is 10.0. The highest BCUT2D eigenvalue weighted by atomic mass is 35.5. The van der Waals surface area contributed by atoms with Crippen LogP contribution in [0.1, 0.15) is 29.2 Å². The van der Waals surface area contributed by atoms with E-state index in [1.54, 1.807) is 19.6 Å². The van der Waals surface area contributed by atoms with E-state index in [1.807, 2.05) is 60.8 Å². The lowest BCUT2D eigenvalue weighted by molar-refractivity contribution is 0.415. The van der Waals surface area contributed by atoms with E-state index in [0.717, 1.165) is 22.8 Å². The highest BCUT2D eigenvalue weighted by Crippen LogP contribution is 2.43. The van der Waals surface area contributed by atoms with Crippen LogP contribution in [-0.4, -0.2) is 21.8 Å². The SMILES string of the molecule is COc1ccc(N2C(=S)N[C@H](c3ccccn3)[C@@H]2c2cccn2Cc2ccco2)cc1Cl. The number of methoxy groups -OCH3 is 1. The van der Waals surface area contributed by atoms with Gasteiger partial charge in [-0.15, -0.1) is 0 Å². The molecule has 1 fully saturated rings. The Hall–Kier alpha value is -3.29. The number of aromatic nitrogens is 2. The van der Waals surface area contributed by atoms with Crippen molar-refractivity contribution in [1.82, 2.24) is 14.9 Å². The molecule has 0 radical (unpaired) electrons. The Morgan fingerprint density at radius 3 is 2.78 bits per heavy atom. The summed E-state index contributed by atoms with van der Waals surface area (Å²) in [4.78, 5) is 6.70. The lowest BCUT2D eigenvalue weighted by Crippen LogP contribution is -2.30. The first-order chi connectivity index (χ1) is 15.7. The van der Waals surface area contributed by atoms with Crippen LogP contribution in [0.15, 0.2) is 83.7 Å². The van der Waals surface area contributed by atoms with Crippen molar-refractivity contribution in [3.8, 4) is 5.75 Å². The van der Waals surface area contributed by atoms with Crippen LogP contribution in [0.5, 0.6) is 5.75 Å². The first-order valence-corrected chi connectivity index (χ1v) is 11.0. The number of nitrogens with one attached hydrogen (secondary N) is 1. The van der Waals surface area contributed by atoms with Gasteiger partial charge in [-0.3, -0.25) is 4.98 Å². The fourth-order valence-electron chi connectivity index (χ4n) is 4.15. The number of rotatable bonds is 6. The average molecular weight is 465 g/mol. The minimum absolute atomic E-state index is 0.144. The predicted octanol–water partition coefficient (Wildman–Crippen LogP) is 5.36. The zero-order chi connectivity index (χ0) is 22.1. The molecular formula is C24H21ClN4O2S. The van der Waals surface area contributed by atoms with Gasteiger partial charge in [0.2, 0.25) is 0 Å². The Bertz CT molecular complexity index is 1230. The third-order valence-corrected chi connectivity index (χ3v) is 6.20. The number of hydrogen-bond donors (Lipinski definition) is 1. The lowest BCUT2D eigenvalue weighted by Gasteiger charge is -2.29. The van der Waals surface area contributed by atoms with E-state index in [0.29, 0.717) is 22.4 Å². The molecule has 1 aromatic carbocycles. The summed E-state index contributed by atoms with van der Waals surface area (Å²) in [5, 5.41) is 4.61. The number of halogens is 1. The van der Waals surface area contributed by atoms with Gasteiger partial charge < -0.3 is 23.9 Å². The minimum Gasteiger partial charge on any atom is -0.495 e. The molecule has 32 heavy (non-hydrogen) atoms. The van der Waals surface area contributed by atoms with Gasteiger partial charge in [0.1, 0.15) is 17.6 Å². The zero-order valence-electron chi connectivity index (χ0n) is 17.3. The molecule has 1 saturated heterocycles. The molecule has 2 atom stereocenters. The average Bonchev–Trinajstić information content (AvgIpc) is 3.55. The van der Waals surface area contributed by atoms with Crippen molar-refractivity contribution < 1.29 is 9.15 Å². The van der Waals surface area contributed by atoms with Gasteiger partial charge in [0.05, 0.1) is 36.7 Å². The maximum atomic E-state index is 6.46. The van der Waals surface area contributed by atoms with Crippen LogP contribution in [0.4, 0.5) is 5.69 Å². The second kappa shape index (κ2) is 8.68. The van der Waals surface area contributed by atoms with E-state index in [-0.39, 0.29) is 12.1 Å². The van der Waals surface area contributed by atoms with Gasteiger partial charge in [0, 0.05) is 23.8 Å². The molecule has 6 nitrogen and oxygen atoms in total. The first kappa shape index (κ1) is 20.6. The summed E-state index contributed by atoms with van der Waals surface area (Å²) < 4.78 is 13.1. The van der Waals surface area contributed by atoms with Gasteiger partial charge in [-0.2, -0.15) is 0 Å². The summed E-state index contributed by atoms with van der Waals surface area (Å²) in [7, 11) is 1.60.